The van der Waals surface area contributed by atoms with E-state index in [-0.39, 0.29) is 38.0 Å². The summed E-state index contributed by atoms with van der Waals surface area (Å²) in [6, 6.07) is 0. The molecule has 1 atom stereocenters. The summed E-state index contributed by atoms with van der Waals surface area (Å²) in [6.45, 7) is 6.16. The Morgan fingerprint density at radius 1 is 0.442 bits per heavy atom. The minimum absolute atomic E-state index is 0.123. The predicted molar refractivity (Wildman–Crippen MR) is 219 cm³/mol. The monoisotopic (exact) mass is 721 g/mol. The summed E-state index contributed by atoms with van der Waals surface area (Å²) in [6.07, 6.45) is 51.4. The molecular weight excluding hydrogens is 648 g/mol. The van der Waals surface area contributed by atoms with E-state index in [0.29, 0.717) is 6.42 Å². The zero-order chi connectivity index (χ0) is 38.0. The molecule has 0 radical (unpaired) electrons. The van der Waals surface area contributed by atoms with E-state index in [2.05, 4.69) is 69.4 Å². The number of esters is 3. The van der Waals surface area contributed by atoms with Crippen LogP contribution >= 0.6 is 0 Å². The Bertz CT molecular complexity index is 1100. The second kappa shape index (κ2) is 40.1. The lowest BCUT2D eigenvalue weighted by molar-refractivity contribution is -0.166. The van der Waals surface area contributed by atoms with Crippen LogP contribution in [0.4, 0.5) is 0 Å². The average molecular weight is 721 g/mol. The topological polar surface area (TPSA) is 78.9 Å². The molecule has 0 saturated heterocycles. The largest absolute Gasteiger partial charge is 0.462 e. The Morgan fingerprint density at radius 3 is 1.58 bits per heavy atom. The van der Waals surface area contributed by atoms with E-state index < -0.39 is 12.1 Å². The fourth-order valence-corrected chi connectivity index (χ4v) is 4.92. The maximum absolute atomic E-state index is 12.6. The summed E-state index contributed by atoms with van der Waals surface area (Å²) in [5, 5.41) is 0. The van der Waals surface area contributed by atoms with Gasteiger partial charge in [0.1, 0.15) is 13.2 Å². The Labute approximate surface area is 317 Å². The summed E-state index contributed by atoms with van der Waals surface area (Å²) in [5.74, 6) is -1.12. The van der Waals surface area contributed by atoms with Crippen molar-refractivity contribution in [1.29, 1.82) is 0 Å². The second-order valence-corrected chi connectivity index (χ2v) is 12.9. The number of allylic oxidation sites excluding steroid dienone is 15. The highest BCUT2D eigenvalue weighted by Crippen LogP contribution is 2.11. The van der Waals surface area contributed by atoms with E-state index in [4.69, 9.17) is 14.2 Å². The van der Waals surface area contributed by atoms with Crippen molar-refractivity contribution in [1.82, 2.24) is 0 Å². The first kappa shape index (κ1) is 48.3. The third kappa shape index (κ3) is 37.6. The summed E-state index contributed by atoms with van der Waals surface area (Å²) >= 11 is 0. The standard InChI is InChI=1S/C46H72O6/c1-4-7-10-13-16-19-21-23-25-27-30-33-36-39-45(48)51-42-43(41-50-44(47)38-35-32-29-26-18-15-12-9-6-3)52-46(49)40-37-34-31-28-24-22-20-17-14-11-8-5-2/h7,9-10,12-13,16-21,23,25-26,32,35,43H,4-6,8,11,14-15,22,24,27-31,33-34,36-42H2,1-3H3/b10-7-,12-9-,16-13-,20-17-,21-19-,25-23-,26-18-,35-32-. The van der Waals surface area contributed by atoms with Crippen molar-refractivity contribution in [2.45, 2.75) is 162 Å². The van der Waals surface area contributed by atoms with Crippen molar-refractivity contribution < 1.29 is 28.6 Å². The maximum atomic E-state index is 12.6. The van der Waals surface area contributed by atoms with Crippen LogP contribution in [0.25, 0.3) is 0 Å². The molecule has 0 N–H and O–H groups in total. The zero-order valence-electron chi connectivity index (χ0n) is 33.0. The van der Waals surface area contributed by atoms with Crippen LogP contribution in [0.3, 0.4) is 0 Å². The van der Waals surface area contributed by atoms with Crippen LogP contribution in [0.1, 0.15) is 156 Å². The summed E-state index contributed by atoms with van der Waals surface area (Å²) in [7, 11) is 0. The van der Waals surface area contributed by atoms with Gasteiger partial charge in [0.15, 0.2) is 6.10 Å². The van der Waals surface area contributed by atoms with Gasteiger partial charge >= 0.3 is 17.9 Å². The lowest BCUT2D eigenvalue weighted by atomic mass is 10.1. The number of hydrogen-bond acceptors (Lipinski definition) is 6. The van der Waals surface area contributed by atoms with Gasteiger partial charge in [0.25, 0.3) is 0 Å². The molecule has 0 spiro atoms. The van der Waals surface area contributed by atoms with Gasteiger partial charge in [-0.3, -0.25) is 14.4 Å². The molecule has 0 aromatic heterocycles. The number of rotatable bonds is 34. The van der Waals surface area contributed by atoms with Crippen LogP contribution in [0, 0.1) is 0 Å². The first-order valence-corrected chi connectivity index (χ1v) is 20.3. The van der Waals surface area contributed by atoms with Gasteiger partial charge < -0.3 is 14.2 Å². The second-order valence-electron chi connectivity index (χ2n) is 12.9. The van der Waals surface area contributed by atoms with Crippen LogP contribution in [0.15, 0.2) is 97.2 Å². The van der Waals surface area contributed by atoms with Gasteiger partial charge in [-0.2, -0.15) is 0 Å². The molecule has 0 fully saturated rings. The van der Waals surface area contributed by atoms with Gasteiger partial charge in [0.05, 0.1) is 6.42 Å². The van der Waals surface area contributed by atoms with E-state index in [1.807, 2.05) is 42.5 Å². The summed E-state index contributed by atoms with van der Waals surface area (Å²) in [5.41, 5.74) is 0. The molecule has 0 rings (SSSR count). The summed E-state index contributed by atoms with van der Waals surface area (Å²) in [4.78, 5) is 37.4. The Balaban J connectivity index is 4.56. The molecule has 0 aliphatic carbocycles. The van der Waals surface area contributed by atoms with Crippen molar-refractivity contribution >= 4 is 17.9 Å². The molecule has 0 aromatic carbocycles. The smallest absolute Gasteiger partial charge is 0.309 e. The minimum atomic E-state index is -0.830. The molecule has 0 amide bonds. The lowest BCUT2D eigenvalue weighted by Gasteiger charge is -2.18. The van der Waals surface area contributed by atoms with Gasteiger partial charge in [0.2, 0.25) is 0 Å². The quantitative estimate of drug-likeness (QED) is 0.0216. The first-order valence-electron chi connectivity index (χ1n) is 20.3. The van der Waals surface area contributed by atoms with Crippen LogP contribution in [0.5, 0.6) is 0 Å². The van der Waals surface area contributed by atoms with Crippen LogP contribution in [-0.2, 0) is 28.6 Å². The van der Waals surface area contributed by atoms with E-state index in [0.717, 1.165) is 83.5 Å². The molecule has 0 bridgehead atoms. The maximum Gasteiger partial charge on any atom is 0.309 e. The van der Waals surface area contributed by atoms with Gasteiger partial charge in [-0.05, 0) is 77.0 Å². The lowest BCUT2D eigenvalue weighted by Crippen LogP contribution is -2.30. The molecule has 0 aromatic rings. The first-order chi connectivity index (χ1) is 25.5. The van der Waals surface area contributed by atoms with E-state index in [9.17, 15) is 14.4 Å². The van der Waals surface area contributed by atoms with E-state index in [1.165, 1.54) is 32.1 Å². The van der Waals surface area contributed by atoms with Crippen LogP contribution < -0.4 is 0 Å². The zero-order valence-corrected chi connectivity index (χ0v) is 33.0. The highest BCUT2D eigenvalue weighted by Gasteiger charge is 2.19. The average Bonchev–Trinajstić information content (AvgIpc) is 3.14. The predicted octanol–water partition coefficient (Wildman–Crippen LogP) is 12.7. The van der Waals surface area contributed by atoms with Crippen molar-refractivity contribution in [2.75, 3.05) is 13.2 Å². The SMILES string of the molecule is CC\C=C/C=C\C=C/C=C\CCCCCC(=O)OCC(COC(=O)C/C=C\C/C=C\C/C=C\CC)OC(=O)CCCCCCC/C=C\CCCCC. The van der Waals surface area contributed by atoms with E-state index >= 15 is 0 Å². The fourth-order valence-electron chi connectivity index (χ4n) is 4.92. The molecule has 6 nitrogen and oxygen atoms in total. The number of carbonyl (C=O) groups is 3. The van der Waals surface area contributed by atoms with Gasteiger partial charge in [-0.25, -0.2) is 0 Å². The molecule has 0 aliphatic rings. The third-order valence-corrected chi connectivity index (χ3v) is 7.93. The number of carbonyl (C=O) groups excluding carboxylic acids is 3. The van der Waals surface area contributed by atoms with Crippen molar-refractivity contribution in [3.8, 4) is 0 Å². The molecule has 1 unspecified atom stereocenters. The normalized spacial score (nSPS) is 13.1. The number of unbranched alkanes of at least 4 members (excludes halogenated alkanes) is 11. The highest BCUT2D eigenvalue weighted by atomic mass is 16.6. The van der Waals surface area contributed by atoms with Crippen molar-refractivity contribution in [2.24, 2.45) is 0 Å². The van der Waals surface area contributed by atoms with Gasteiger partial charge in [-0.1, -0.05) is 157 Å². The Hall–Kier alpha value is -3.67. The highest BCUT2D eigenvalue weighted by molar-refractivity contribution is 5.72. The van der Waals surface area contributed by atoms with Gasteiger partial charge in [0, 0.05) is 12.8 Å². The summed E-state index contributed by atoms with van der Waals surface area (Å²) < 4.78 is 16.5. The van der Waals surface area contributed by atoms with Crippen LogP contribution in [0.2, 0.25) is 0 Å². The van der Waals surface area contributed by atoms with Gasteiger partial charge in [-0.15, -0.1) is 0 Å². The third-order valence-electron chi connectivity index (χ3n) is 7.93. The van der Waals surface area contributed by atoms with E-state index in [1.54, 1.807) is 6.08 Å². The number of ether oxygens (including phenoxy) is 3. The Morgan fingerprint density at radius 2 is 0.923 bits per heavy atom. The Kier molecular flexibility index (Phi) is 37.3. The fraction of sp³-hybridized carbons (Fsp3) is 0.587. The molecular formula is C46H72O6. The van der Waals surface area contributed by atoms with Crippen molar-refractivity contribution in [3.05, 3.63) is 97.2 Å². The molecule has 6 heteroatoms. The minimum Gasteiger partial charge on any atom is -0.462 e. The van der Waals surface area contributed by atoms with Crippen molar-refractivity contribution in [3.63, 3.8) is 0 Å². The molecule has 0 aliphatic heterocycles. The van der Waals surface area contributed by atoms with Crippen LogP contribution in [-0.4, -0.2) is 37.2 Å². The molecule has 52 heavy (non-hydrogen) atoms. The number of hydrogen-bond donors (Lipinski definition) is 0. The molecule has 292 valence electrons. The molecule has 0 saturated carbocycles. The molecule has 0 heterocycles.